The van der Waals surface area contributed by atoms with Gasteiger partial charge in [-0.05, 0) is 36.4 Å². The van der Waals surface area contributed by atoms with E-state index in [0.29, 0.717) is 33.9 Å². The lowest BCUT2D eigenvalue weighted by Gasteiger charge is -2.16. The van der Waals surface area contributed by atoms with Crippen LogP contribution in [0.25, 0.3) is 22.3 Å². The normalized spacial score (nSPS) is 13.1. The molecule has 8 nitrogen and oxygen atoms in total. The molecule has 0 bridgehead atoms. The number of nitrogens with zero attached hydrogens (tertiary/aromatic N) is 3. The number of anilines is 1. The molecule has 3 heterocycles. The van der Waals surface area contributed by atoms with Gasteiger partial charge in [0.1, 0.15) is 11.5 Å². The molecule has 2 aromatic carbocycles. The molecule has 0 aliphatic carbocycles. The minimum Gasteiger partial charge on any atom is -0.497 e. The predicted molar refractivity (Wildman–Crippen MR) is 110 cm³/mol. The number of fused-ring (bicyclic) bond motifs is 3. The molecule has 0 spiro atoms. The van der Waals surface area contributed by atoms with Crippen LogP contribution in [-0.4, -0.2) is 41.2 Å². The van der Waals surface area contributed by atoms with Gasteiger partial charge in [0, 0.05) is 11.8 Å². The van der Waals surface area contributed by atoms with Gasteiger partial charge in [0.15, 0.2) is 5.65 Å². The van der Waals surface area contributed by atoms with Crippen LogP contribution in [0.3, 0.4) is 0 Å². The van der Waals surface area contributed by atoms with Crippen molar-refractivity contribution >= 4 is 28.5 Å². The van der Waals surface area contributed by atoms with Crippen molar-refractivity contribution in [3.63, 3.8) is 0 Å². The van der Waals surface area contributed by atoms with Crippen molar-refractivity contribution in [2.24, 2.45) is 0 Å². The number of imide groups is 1. The number of rotatable bonds is 4. The second-order valence-corrected chi connectivity index (χ2v) is 6.69. The lowest BCUT2D eigenvalue weighted by atomic mass is 10.0. The molecule has 148 valence electrons. The van der Waals surface area contributed by atoms with Gasteiger partial charge >= 0.3 is 0 Å². The van der Waals surface area contributed by atoms with E-state index in [9.17, 15) is 9.59 Å². The van der Waals surface area contributed by atoms with Crippen LogP contribution in [0.15, 0.2) is 54.7 Å². The number of para-hydroxylation sites is 2. The Labute approximate surface area is 171 Å². The molecule has 30 heavy (non-hydrogen) atoms. The quantitative estimate of drug-likeness (QED) is 0.527. The number of aromatic amines is 1. The molecule has 8 heteroatoms. The smallest absolute Gasteiger partial charge is 0.267 e. The molecule has 4 aromatic rings. The highest BCUT2D eigenvalue weighted by Crippen LogP contribution is 2.39. The van der Waals surface area contributed by atoms with Gasteiger partial charge in [-0.1, -0.05) is 12.1 Å². The molecular weight excluding hydrogens is 384 g/mol. The number of carbonyl (C=O) groups is 2. The molecule has 0 fully saturated rings. The SMILES string of the molecule is COc1ccc(-c2[nH]nc3ncc4c(c23)C(=O)N(c2ccccc2OC)C4=O)cc1. The lowest BCUT2D eigenvalue weighted by Crippen LogP contribution is -2.29. The molecule has 5 rings (SSSR count). The van der Waals surface area contributed by atoms with Crippen LogP contribution in [0.5, 0.6) is 11.5 Å². The van der Waals surface area contributed by atoms with Crippen LogP contribution < -0.4 is 14.4 Å². The van der Waals surface area contributed by atoms with Gasteiger partial charge in [-0.25, -0.2) is 9.88 Å². The summed E-state index contributed by atoms with van der Waals surface area (Å²) in [7, 11) is 3.09. The fourth-order valence-electron chi connectivity index (χ4n) is 3.70. The third-order valence-electron chi connectivity index (χ3n) is 5.14. The minimum atomic E-state index is -0.448. The van der Waals surface area contributed by atoms with Gasteiger partial charge in [-0.2, -0.15) is 5.10 Å². The third-order valence-corrected chi connectivity index (χ3v) is 5.14. The first-order valence-electron chi connectivity index (χ1n) is 9.17. The van der Waals surface area contributed by atoms with Gasteiger partial charge in [0.05, 0.1) is 42.1 Å². The first kappa shape index (κ1) is 17.9. The first-order valence-corrected chi connectivity index (χ1v) is 9.17. The maximum Gasteiger partial charge on any atom is 0.267 e. The van der Waals surface area contributed by atoms with E-state index in [4.69, 9.17) is 9.47 Å². The zero-order chi connectivity index (χ0) is 20.8. The van der Waals surface area contributed by atoms with Gasteiger partial charge < -0.3 is 9.47 Å². The first-order chi connectivity index (χ1) is 14.6. The number of ether oxygens (including phenoxy) is 2. The molecule has 2 aromatic heterocycles. The van der Waals surface area contributed by atoms with Gasteiger partial charge in [-0.15, -0.1) is 0 Å². The Morgan fingerprint density at radius 2 is 1.70 bits per heavy atom. The Morgan fingerprint density at radius 1 is 0.933 bits per heavy atom. The molecule has 1 N–H and O–H groups in total. The van der Waals surface area contributed by atoms with Crippen molar-refractivity contribution in [1.82, 2.24) is 15.2 Å². The monoisotopic (exact) mass is 400 g/mol. The summed E-state index contributed by atoms with van der Waals surface area (Å²) >= 11 is 0. The maximum atomic E-state index is 13.4. The molecule has 0 saturated heterocycles. The van der Waals surface area contributed by atoms with E-state index in [1.54, 1.807) is 31.4 Å². The fourth-order valence-corrected chi connectivity index (χ4v) is 3.70. The average molecular weight is 400 g/mol. The van der Waals surface area contributed by atoms with Crippen molar-refractivity contribution in [3.05, 3.63) is 65.9 Å². The zero-order valence-electron chi connectivity index (χ0n) is 16.2. The molecule has 0 atom stereocenters. The van der Waals surface area contributed by atoms with Gasteiger partial charge in [0.2, 0.25) is 0 Å². The van der Waals surface area contributed by atoms with Crippen LogP contribution in [0.1, 0.15) is 20.7 Å². The summed E-state index contributed by atoms with van der Waals surface area (Å²) in [6.45, 7) is 0. The van der Waals surface area contributed by atoms with Crippen LogP contribution in [-0.2, 0) is 0 Å². The van der Waals surface area contributed by atoms with Crippen molar-refractivity contribution in [2.45, 2.75) is 0 Å². The van der Waals surface area contributed by atoms with Gasteiger partial charge in [-0.3, -0.25) is 14.7 Å². The lowest BCUT2D eigenvalue weighted by molar-refractivity contribution is 0.0925. The Bertz CT molecular complexity index is 1310. The van der Waals surface area contributed by atoms with Crippen molar-refractivity contribution in [2.75, 3.05) is 19.1 Å². The average Bonchev–Trinajstić information content (AvgIpc) is 3.32. The van der Waals surface area contributed by atoms with Crippen molar-refractivity contribution in [1.29, 1.82) is 0 Å². The van der Waals surface area contributed by atoms with E-state index >= 15 is 0 Å². The molecule has 0 unspecified atom stereocenters. The van der Waals surface area contributed by atoms with E-state index in [0.717, 1.165) is 10.5 Å². The summed E-state index contributed by atoms with van der Waals surface area (Å²) in [6, 6.07) is 14.2. The number of methoxy groups -OCH3 is 2. The van der Waals surface area contributed by atoms with E-state index < -0.39 is 11.8 Å². The van der Waals surface area contributed by atoms with Crippen LogP contribution in [0.2, 0.25) is 0 Å². The molecule has 0 saturated carbocycles. The van der Waals surface area contributed by atoms with Crippen LogP contribution in [0, 0.1) is 0 Å². The highest BCUT2D eigenvalue weighted by atomic mass is 16.5. The van der Waals surface area contributed by atoms with Gasteiger partial charge in [0.25, 0.3) is 11.8 Å². The highest BCUT2D eigenvalue weighted by Gasteiger charge is 2.41. The molecule has 1 aliphatic heterocycles. The number of benzene rings is 2. The number of amides is 2. The zero-order valence-corrected chi connectivity index (χ0v) is 16.2. The number of aromatic nitrogens is 3. The Kier molecular flexibility index (Phi) is 3.99. The minimum absolute atomic E-state index is 0.231. The predicted octanol–water partition coefficient (Wildman–Crippen LogP) is 3.44. The Balaban J connectivity index is 1.70. The van der Waals surface area contributed by atoms with Crippen molar-refractivity contribution in [3.8, 4) is 22.8 Å². The molecule has 2 amide bonds. The summed E-state index contributed by atoms with van der Waals surface area (Å²) < 4.78 is 10.6. The molecule has 1 aliphatic rings. The topological polar surface area (TPSA) is 97.4 Å². The largest absolute Gasteiger partial charge is 0.497 e. The Hall–Kier alpha value is -4.20. The van der Waals surface area contributed by atoms with Crippen LogP contribution in [0.4, 0.5) is 5.69 Å². The van der Waals surface area contributed by atoms with Crippen LogP contribution >= 0.6 is 0 Å². The summed E-state index contributed by atoms with van der Waals surface area (Å²) in [5.41, 5.74) is 2.66. The summed E-state index contributed by atoms with van der Waals surface area (Å²) in [4.78, 5) is 32.0. The summed E-state index contributed by atoms with van der Waals surface area (Å²) in [5.74, 6) is 0.247. The van der Waals surface area contributed by atoms with Crippen molar-refractivity contribution < 1.29 is 19.1 Å². The number of carbonyl (C=O) groups excluding carboxylic acids is 2. The number of H-pyrrole nitrogens is 1. The van der Waals surface area contributed by atoms with E-state index in [-0.39, 0.29) is 11.1 Å². The van der Waals surface area contributed by atoms with E-state index in [1.807, 2.05) is 24.3 Å². The number of nitrogens with one attached hydrogen (secondary N) is 1. The summed E-state index contributed by atoms with van der Waals surface area (Å²) in [5, 5.41) is 7.69. The second-order valence-electron chi connectivity index (χ2n) is 6.69. The fraction of sp³-hybridized carbons (Fsp3) is 0.0909. The highest BCUT2D eigenvalue weighted by molar-refractivity contribution is 6.38. The third kappa shape index (κ3) is 2.47. The van der Waals surface area contributed by atoms with E-state index in [2.05, 4.69) is 15.2 Å². The number of hydrogen-bond acceptors (Lipinski definition) is 6. The molecule has 0 radical (unpaired) electrons. The standard InChI is InChI=1S/C22H16N4O4/c1-29-13-9-7-12(8-10-13)19-18-17-14(11-23-20(18)25-24-19)21(27)26(22(17)28)15-5-3-4-6-16(15)30-2/h3-11H,1-2H3,(H,23,24,25). The maximum absolute atomic E-state index is 13.4. The van der Waals surface area contributed by atoms with E-state index in [1.165, 1.54) is 13.3 Å². The molecular formula is C22H16N4O4. The number of pyridine rings is 1. The summed E-state index contributed by atoms with van der Waals surface area (Å²) in [6.07, 6.45) is 1.39. The Morgan fingerprint density at radius 3 is 2.43 bits per heavy atom. The number of hydrogen-bond donors (Lipinski definition) is 1. The second kappa shape index (κ2) is 6.70.